The zero-order valence-corrected chi connectivity index (χ0v) is 18.4. The lowest BCUT2D eigenvalue weighted by Crippen LogP contribution is -2.41. The van der Waals surface area contributed by atoms with Crippen LogP contribution in [0.5, 0.6) is 0 Å². The van der Waals surface area contributed by atoms with Gasteiger partial charge in [0.2, 0.25) is 0 Å². The summed E-state index contributed by atoms with van der Waals surface area (Å²) in [5.74, 6) is 0.685. The van der Waals surface area contributed by atoms with Crippen LogP contribution < -0.4 is 5.32 Å². The highest BCUT2D eigenvalue weighted by molar-refractivity contribution is 14.0. The van der Waals surface area contributed by atoms with E-state index in [4.69, 9.17) is 9.73 Å². The van der Waals surface area contributed by atoms with Crippen LogP contribution in [0.1, 0.15) is 25.3 Å². The fourth-order valence-corrected chi connectivity index (χ4v) is 3.57. The molecule has 25 heavy (non-hydrogen) atoms. The molecule has 1 aromatic rings. The number of nitrogens with zero attached hydrogens (tertiary/aromatic N) is 2. The molecule has 0 aliphatic carbocycles. The summed E-state index contributed by atoms with van der Waals surface area (Å²) in [6, 6.07) is 6.63. The van der Waals surface area contributed by atoms with Gasteiger partial charge in [0.05, 0.1) is 6.54 Å². The molecule has 0 bridgehead atoms. The van der Waals surface area contributed by atoms with Crippen molar-refractivity contribution in [3.63, 3.8) is 0 Å². The van der Waals surface area contributed by atoms with Crippen molar-refractivity contribution in [3.8, 4) is 0 Å². The van der Waals surface area contributed by atoms with Crippen molar-refractivity contribution in [1.29, 1.82) is 0 Å². The Labute approximate surface area is 172 Å². The Bertz CT molecular complexity index is 536. The van der Waals surface area contributed by atoms with Crippen molar-refractivity contribution < 1.29 is 9.13 Å². The van der Waals surface area contributed by atoms with Crippen LogP contribution in [0, 0.1) is 5.82 Å². The van der Waals surface area contributed by atoms with E-state index in [-0.39, 0.29) is 34.5 Å². The van der Waals surface area contributed by atoms with E-state index in [0.717, 1.165) is 50.7 Å². The van der Waals surface area contributed by atoms with E-state index in [0.29, 0.717) is 6.54 Å². The fourth-order valence-electron chi connectivity index (χ4n) is 2.80. The van der Waals surface area contributed by atoms with Crippen molar-refractivity contribution in [3.05, 3.63) is 35.6 Å². The first-order valence-corrected chi connectivity index (χ1v) is 9.68. The maximum absolute atomic E-state index is 13.0. The Hall–Kier alpha value is -0.540. The van der Waals surface area contributed by atoms with Gasteiger partial charge >= 0.3 is 0 Å². The van der Waals surface area contributed by atoms with E-state index in [1.165, 1.54) is 12.1 Å². The van der Waals surface area contributed by atoms with Gasteiger partial charge in [-0.05, 0) is 43.7 Å². The summed E-state index contributed by atoms with van der Waals surface area (Å²) in [4.78, 5) is 6.96. The summed E-state index contributed by atoms with van der Waals surface area (Å²) < 4.78 is 18.7. The number of hydrogen-bond acceptors (Lipinski definition) is 3. The first-order chi connectivity index (χ1) is 11.6. The number of guanidine groups is 1. The summed E-state index contributed by atoms with van der Waals surface area (Å²) >= 11 is 1.90. The van der Waals surface area contributed by atoms with Crippen molar-refractivity contribution >= 4 is 41.7 Å². The molecule has 1 aliphatic heterocycles. The summed E-state index contributed by atoms with van der Waals surface area (Å²) in [7, 11) is 2.01. The number of aliphatic imine (C=N–C) groups is 1. The topological polar surface area (TPSA) is 36.9 Å². The van der Waals surface area contributed by atoms with Gasteiger partial charge in [-0.2, -0.15) is 11.8 Å². The molecule has 1 N–H and O–H groups in total. The quantitative estimate of drug-likeness (QED) is 0.382. The second kappa shape index (κ2) is 11.2. The SMILES string of the molecule is CCNC(=NCC1(SC)CCOCC1)N(C)Cc1ccc(F)cc1.I. The van der Waals surface area contributed by atoms with Gasteiger partial charge in [-0.1, -0.05) is 12.1 Å². The monoisotopic (exact) mass is 481 g/mol. The Kier molecular flexibility index (Phi) is 10.1. The second-order valence-corrected chi connectivity index (χ2v) is 7.43. The van der Waals surface area contributed by atoms with Crippen molar-refractivity contribution in [2.75, 3.05) is 39.6 Å². The standard InChI is InChI=1S/C18H28FN3OS.HI/c1-4-20-17(21-14-18(24-3)9-11-23-12-10-18)22(2)13-15-5-7-16(19)8-6-15;/h5-8H,4,9-14H2,1-3H3,(H,20,21);1H. The number of halogens is 2. The van der Waals surface area contributed by atoms with Crippen LogP contribution >= 0.6 is 35.7 Å². The van der Waals surface area contributed by atoms with E-state index >= 15 is 0 Å². The summed E-state index contributed by atoms with van der Waals surface area (Å²) in [5, 5.41) is 3.36. The smallest absolute Gasteiger partial charge is 0.194 e. The van der Waals surface area contributed by atoms with Crippen molar-refractivity contribution in [2.24, 2.45) is 4.99 Å². The van der Waals surface area contributed by atoms with Gasteiger partial charge in [0.15, 0.2) is 5.96 Å². The summed E-state index contributed by atoms with van der Waals surface area (Å²) in [6.07, 6.45) is 4.24. The molecule has 142 valence electrons. The molecule has 0 radical (unpaired) electrons. The number of nitrogens with one attached hydrogen (secondary N) is 1. The van der Waals surface area contributed by atoms with Crippen molar-refractivity contribution in [2.45, 2.75) is 31.1 Å². The number of ether oxygens (including phenoxy) is 1. The third kappa shape index (κ3) is 6.94. The maximum atomic E-state index is 13.0. The lowest BCUT2D eigenvalue weighted by Gasteiger charge is -2.34. The predicted molar refractivity (Wildman–Crippen MR) is 116 cm³/mol. The third-order valence-corrected chi connectivity index (χ3v) is 5.79. The Morgan fingerprint density at radius 3 is 2.52 bits per heavy atom. The molecule has 1 saturated heterocycles. The van der Waals surface area contributed by atoms with Gasteiger partial charge < -0.3 is 15.0 Å². The molecule has 1 aromatic carbocycles. The minimum atomic E-state index is -0.205. The van der Waals surface area contributed by atoms with Crippen LogP contribution in [0.3, 0.4) is 0 Å². The van der Waals surface area contributed by atoms with E-state index in [2.05, 4.69) is 23.4 Å². The van der Waals surface area contributed by atoms with E-state index in [9.17, 15) is 4.39 Å². The fraction of sp³-hybridized carbons (Fsp3) is 0.611. The van der Waals surface area contributed by atoms with Crippen LogP contribution in [-0.2, 0) is 11.3 Å². The van der Waals surface area contributed by atoms with E-state index in [1.54, 1.807) is 0 Å². The van der Waals surface area contributed by atoms with Gasteiger partial charge in [0, 0.05) is 38.1 Å². The summed E-state index contributed by atoms with van der Waals surface area (Å²) in [5.41, 5.74) is 1.06. The summed E-state index contributed by atoms with van der Waals surface area (Å²) in [6.45, 7) is 6.01. The molecular formula is C18H29FIN3OS. The zero-order chi connectivity index (χ0) is 17.4. The molecule has 1 fully saturated rings. The molecule has 4 nitrogen and oxygen atoms in total. The number of rotatable bonds is 6. The lowest BCUT2D eigenvalue weighted by molar-refractivity contribution is 0.0793. The Morgan fingerprint density at radius 1 is 1.32 bits per heavy atom. The molecule has 0 saturated carbocycles. The molecule has 0 spiro atoms. The lowest BCUT2D eigenvalue weighted by atomic mass is 9.99. The minimum Gasteiger partial charge on any atom is -0.381 e. The number of hydrogen-bond donors (Lipinski definition) is 1. The van der Waals surface area contributed by atoms with Crippen molar-refractivity contribution in [1.82, 2.24) is 10.2 Å². The molecule has 0 amide bonds. The van der Waals surface area contributed by atoms with Gasteiger partial charge in [-0.3, -0.25) is 4.99 Å². The normalized spacial score (nSPS) is 16.9. The number of thioether (sulfide) groups is 1. The molecule has 7 heteroatoms. The maximum Gasteiger partial charge on any atom is 0.194 e. The molecule has 1 aliphatic rings. The highest BCUT2D eigenvalue weighted by Gasteiger charge is 2.31. The molecule has 2 rings (SSSR count). The highest BCUT2D eigenvalue weighted by Crippen LogP contribution is 2.34. The first-order valence-electron chi connectivity index (χ1n) is 8.45. The highest BCUT2D eigenvalue weighted by atomic mass is 127. The average molecular weight is 481 g/mol. The first kappa shape index (κ1) is 22.5. The predicted octanol–water partition coefficient (Wildman–Crippen LogP) is 3.75. The molecule has 0 atom stereocenters. The van der Waals surface area contributed by atoms with Crippen LogP contribution in [0.15, 0.2) is 29.3 Å². The van der Waals surface area contributed by atoms with E-state index in [1.807, 2.05) is 30.9 Å². The largest absolute Gasteiger partial charge is 0.381 e. The van der Waals surface area contributed by atoms with Crippen LogP contribution in [0.4, 0.5) is 4.39 Å². The zero-order valence-electron chi connectivity index (χ0n) is 15.3. The molecule has 0 unspecified atom stereocenters. The third-order valence-electron chi connectivity index (χ3n) is 4.38. The number of benzene rings is 1. The molecule has 0 aromatic heterocycles. The molecular weight excluding hydrogens is 452 g/mol. The van der Waals surface area contributed by atoms with Gasteiger partial charge in [0.25, 0.3) is 0 Å². The molecule has 1 heterocycles. The van der Waals surface area contributed by atoms with Gasteiger partial charge in [-0.15, -0.1) is 24.0 Å². The Morgan fingerprint density at radius 2 is 1.96 bits per heavy atom. The van der Waals surface area contributed by atoms with Gasteiger partial charge in [-0.25, -0.2) is 4.39 Å². The minimum absolute atomic E-state index is 0. The van der Waals surface area contributed by atoms with Gasteiger partial charge in [0.1, 0.15) is 5.82 Å². The van der Waals surface area contributed by atoms with Crippen LogP contribution in [0.25, 0.3) is 0 Å². The van der Waals surface area contributed by atoms with Crippen LogP contribution in [-0.4, -0.2) is 55.2 Å². The van der Waals surface area contributed by atoms with E-state index < -0.39 is 0 Å². The Balaban J connectivity index is 0.00000312. The average Bonchev–Trinajstić information content (AvgIpc) is 2.61. The second-order valence-electron chi connectivity index (χ2n) is 6.15. The van der Waals surface area contributed by atoms with Crippen LogP contribution in [0.2, 0.25) is 0 Å².